The number of carbonyl (C=O) groups excluding carboxylic acids is 1. The van der Waals surface area contributed by atoms with Crippen molar-refractivity contribution in [1.29, 1.82) is 0 Å². The minimum atomic E-state index is -0.682. The lowest BCUT2D eigenvalue weighted by Crippen LogP contribution is -2.06. The molecular weight excluding hydrogens is 233 g/mol. The predicted molar refractivity (Wildman–Crippen MR) is 57.0 cm³/mol. The molecule has 1 aromatic rings. The molecule has 0 radical (unpaired) electrons. The van der Waals surface area contributed by atoms with Crippen LogP contribution in [0.1, 0.15) is 18.4 Å². The molecule has 0 bridgehead atoms. The second-order valence-corrected chi connectivity index (χ2v) is 4.11. The topological polar surface area (TPSA) is 38.7 Å². The van der Waals surface area contributed by atoms with Gasteiger partial charge >= 0.3 is 0 Å². The number of rotatable bonds is 3. The van der Waals surface area contributed by atoms with Gasteiger partial charge < -0.3 is 4.74 Å². The zero-order valence-corrected chi connectivity index (χ0v) is 9.34. The molecule has 84 valence electrons. The molecule has 0 heterocycles. The second-order valence-electron chi connectivity index (χ2n) is 3.70. The smallest absolute Gasteiger partial charge is 0.235 e. The minimum absolute atomic E-state index is 0.185. The number of hydrogen-bond acceptors (Lipinski definition) is 3. The molecule has 2 rings (SSSR count). The Kier molecular flexibility index (Phi) is 2.70. The first-order chi connectivity index (χ1) is 7.63. The normalized spacial score (nSPS) is 16.4. The van der Waals surface area contributed by atoms with Gasteiger partial charge in [0, 0.05) is 5.56 Å². The lowest BCUT2D eigenvalue weighted by molar-refractivity contribution is 0.403. The Bertz CT molecular complexity index is 479. The van der Waals surface area contributed by atoms with Gasteiger partial charge in [-0.1, -0.05) is 11.6 Å². The Labute approximate surface area is 96.9 Å². The summed E-state index contributed by atoms with van der Waals surface area (Å²) in [6, 6.07) is 2.48. The summed E-state index contributed by atoms with van der Waals surface area (Å²) in [6.45, 7) is 0. The van der Waals surface area contributed by atoms with Gasteiger partial charge in [0.1, 0.15) is 17.1 Å². The van der Waals surface area contributed by atoms with Gasteiger partial charge in [-0.05, 0) is 25.0 Å². The van der Waals surface area contributed by atoms with Crippen molar-refractivity contribution in [2.45, 2.75) is 18.4 Å². The van der Waals surface area contributed by atoms with E-state index in [0.29, 0.717) is 24.2 Å². The molecule has 3 nitrogen and oxygen atoms in total. The van der Waals surface area contributed by atoms with E-state index in [4.69, 9.17) is 16.3 Å². The van der Waals surface area contributed by atoms with Gasteiger partial charge in [0.15, 0.2) is 0 Å². The monoisotopic (exact) mass is 241 g/mol. The molecule has 16 heavy (non-hydrogen) atoms. The van der Waals surface area contributed by atoms with Crippen LogP contribution in [0.2, 0.25) is 5.02 Å². The zero-order valence-electron chi connectivity index (χ0n) is 8.59. The predicted octanol–water partition coefficient (Wildman–Crippen LogP) is 2.81. The summed E-state index contributed by atoms with van der Waals surface area (Å²) >= 11 is 5.86. The van der Waals surface area contributed by atoms with Gasteiger partial charge in [0.05, 0.1) is 12.1 Å². The van der Waals surface area contributed by atoms with E-state index in [1.165, 1.54) is 25.3 Å². The van der Waals surface area contributed by atoms with Crippen molar-refractivity contribution in [3.63, 3.8) is 0 Å². The molecular formula is C11H9ClFNO2. The number of hydrogen-bond donors (Lipinski definition) is 0. The standard InChI is InChI=1S/C11H9ClFNO2/c1-16-10-8(4-7(13)5-9(10)12)11(2-3-11)14-6-15/h4-5H,2-3H2,1H3. The molecule has 5 heteroatoms. The van der Waals surface area contributed by atoms with Gasteiger partial charge in [-0.15, -0.1) is 0 Å². The first-order valence-corrected chi connectivity index (χ1v) is 5.13. The van der Waals surface area contributed by atoms with E-state index in [2.05, 4.69) is 4.99 Å². The Morgan fingerprint density at radius 3 is 2.75 bits per heavy atom. The summed E-state index contributed by atoms with van der Waals surface area (Å²) in [7, 11) is 1.45. The molecule has 0 spiro atoms. The number of benzene rings is 1. The molecule has 1 aromatic carbocycles. The Morgan fingerprint density at radius 1 is 1.56 bits per heavy atom. The van der Waals surface area contributed by atoms with Crippen LogP contribution in [0.15, 0.2) is 17.1 Å². The van der Waals surface area contributed by atoms with E-state index in [1.54, 1.807) is 0 Å². The van der Waals surface area contributed by atoms with Gasteiger partial charge in [-0.3, -0.25) is 0 Å². The van der Waals surface area contributed by atoms with E-state index < -0.39 is 11.4 Å². The molecule has 0 aliphatic heterocycles. The quantitative estimate of drug-likeness (QED) is 0.603. The van der Waals surface area contributed by atoms with Crippen LogP contribution in [0, 0.1) is 5.82 Å². The first kappa shape index (κ1) is 11.1. The van der Waals surface area contributed by atoms with Gasteiger partial charge in [-0.2, -0.15) is 4.99 Å². The van der Waals surface area contributed by atoms with E-state index in [1.807, 2.05) is 0 Å². The number of methoxy groups -OCH3 is 1. The summed E-state index contributed by atoms with van der Waals surface area (Å²) in [5.41, 5.74) is -0.165. The molecule has 0 unspecified atom stereocenters. The molecule has 0 aromatic heterocycles. The average Bonchev–Trinajstić information content (AvgIpc) is 2.98. The van der Waals surface area contributed by atoms with Crippen LogP contribution in [-0.4, -0.2) is 13.2 Å². The van der Waals surface area contributed by atoms with Crippen LogP contribution in [0.5, 0.6) is 5.75 Å². The van der Waals surface area contributed by atoms with Crippen molar-refractivity contribution < 1.29 is 13.9 Å². The minimum Gasteiger partial charge on any atom is -0.495 e. The molecule has 1 saturated carbocycles. The zero-order chi connectivity index (χ0) is 11.8. The highest BCUT2D eigenvalue weighted by Crippen LogP contribution is 2.53. The molecule has 1 fully saturated rings. The summed E-state index contributed by atoms with van der Waals surface area (Å²) in [6.07, 6.45) is 2.87. The molecule has 0 atom stereocenters. The third kappa shape index (κ3) is 1.70. The van der Waals surface area contributed by atoms with Crippen molar-refractivity contribution in [3.8, 4) is 5.75 Å². The number of isocyanates is 1. The van der Waals surface area contributed by atoms with Crippen molar-refractivity contribution in [2.75, 3.05) is 7.11 Å². The number of halogens is 2. The lowest BCUT2D eigenvalue weighted by atomic mass is 10.0. The molecule has 0 N–H and O–H groups in total. The number of ether oxygens (including phenoxy) is 1. The molecule has 0 saturated heterocycles. The van der Waals surface area contributed by atoms with Crippen LogP contribution >= 0.6 is 11.6 Å². The van der Waals surface area contributed by atoms with Crippen molar-refractivity contribution in [3.05, 3.63) is 28.5 Å². The SMILES string of the molecule is COc1c(Cl)cc(F)cc1C1(N=C=O)CC1. The third-order valence-electron chi connectivity index (χ3n) is 2.70. The van der Waals surface area contributed by atoms with Crippen LogP contribution in [-0.2, 0) is 10.3 Å². The van der Waals surface area contributed by atoms with E-state index in [9.17, 15) is 9.18 Å². The Balaban J connectivity index is 2.59. The number of aliphatic imine (C=N–C) groups is 1. The van der Waals surface area contributed by atoms with Crippen LogP contribution < -0.4 is 4.74 Å². The van der Waals surface area contributed by atoms with E-state index in [-0.39, 0.29) is 5.02 Å². The van der Waals surface area contributed by atoms with Crippen molar-refractivity contribution >= 4 is 17.7 Å². The third-order valence-corrected chi connectivity index (χ3v) is 2.98. The Morgan fingerprint density at radius 2 is 2.25 bits per heavy atom. The molecule has 1 aliphatic rings. The summed E-state index contributed by atoms with van der Waals surface area (Å²) in [5.74, 6) is -0.0901. The highest BCUT2D eigenvalue weighted by molar-refractivity contribution is 6.32. The maximum absolute atomic E-state index is 13.3. The van der Waals surface area contributed by atoms with Gasteiger partial charge in [-0.25, -0.2) is 9.18 Å². The van der Waals surface area contributed by atoms with E-state index >= 15 is 0 Å². The van der Waals surface area contributed by atoms with Crippen molar-refractivity contribution in [1.82, 2.24) is 0 Å². The maximum atomic E-state index is 13.3. The summed E-state index contributed by atoms with van der Waals surface area (Å²) in [5, 5.41) is 0.185. The fourth-order valence-corrected chi connectivity index (χ4v) is 2.04. The first-order valence-electron chi connectivity index (χ1n) is 4.75. The van der Waals surface area contributed by atoms with E-state index in [0.717, 1.165) is 0 Å². The van der Waals surface area contributed by atoms with Crippen molar-refractivity contribution in [2.24, 2.45) is 4.99 Å². The number of nitrogens with zero attached hydrogens (tertiary/aromatic N) is 1. The highest BCUT2D eigenvalue weighted by Gasteiger charge is 2.47. The summed E-state index contributed by atoms with van der Waals surface area (Å²) < 4.78 is 18.4. The molecule has 0 amide bonds. The highest BCUT2D eigenvalue weighted by atomic mass is 35.5. The van der Waals surface area contributed by atoms with Gasteiger partial charge in [0.25, 0.3) is 0 Å². The lowest BCUT2D eigenvalue weighted by Gasteiger charge is -2.14. The fraction of sp³-hybridized carbons (Fsp3) is 0.364. The average molecular weight is 242 g/mol. The maximum Gasteiger partial charge on any atom is 0.235 e. The largest absolute Gasteiger partial charge is 0.495 e. The van der Waals surface area contributed by atoms with Crippen LogP contribution in [0.3, 0.4) is 0 Å². The summed E-state index contributed by atoms with van der Waals surface area (Å²) in [4.78, 5) is 14.1. The molecule has 1 aliphatic carbocycles. The van der Waals surface area contributed by atoms with Crippen LogP contribution in [0.4, 0.5) is 4.39 Å². The van der Waals surface area contributed by atoms with Crippen LogP contribution in [0.25, 0.3) is 0 Å². The van der Waals surface area contributed by atoms with Gasteiger partial charge in [0.2, 0.25) is 6.08 Å². The Hall–Kier alpha value is -1.38. The fourth-order valence-electron chi connectivity index (χ4n) is 1.76. The second kappa shape index (κ2) is 3.89.